The van der Waals surface area contributed by atoms with Gasteiger partial charge in [0.25, 0.3) is 5.91 Å². The second-order valence-corrected chi connectivity index (χ2v) is 9.17. The van der Waals surface area contributed by atoms with E-state index in [0.717, 1.165) is 5.56 Å². The summed E-state index contributed by atoms with van der Waals surface area (Å²) in [5, 5.41) is 2.81. The van der Waals surface area contributed by atoms with Gasteiger partial charge in [-0.3, -0.25) is 9.10 Å². The van der Waals surface area contributed by atoms with Crippen molar-refractivity contribution >= 4 is 27.3 Å². The molecule has 1 fully saturated rings. The third kappa shape index (κ3) is 4.86. The molecular formula is C23H21FN2O4S. The Morgan fingerprint density at radius 1 is 1.00 bits per heavy atom. The Bertz CT molecular complexity index is 1180. The first-order chi connectivity index (χ1) is 14.9. The molecule has 0 aromatic heterocycles. The SMILES string of the molecule is O=C(Nc1ccc(N2CCCS2(=O)=O)cc1)c1ccccc1OCc1ccc(F)cc1. The molecule has 1 amide bonds. The van der Waals surface area contributed by atoms with Crippen LogP contribution in [0.5, 0.6) is 5.75 Å². The van der Waals surface area contributed by atoms with Crippen LogP contribution in [-0.2, 0) is 16.6 Å². The molecule has 1 aliphatic heterocycles. The third-order valence-electron chi connectivity index (χ3n) is 4.95. The number of nitrogens with zero attached hydrogens (tertiary/aromatic N) is 1. The van der Waals surface area contributed by atoms with Crippen LogP contribution in [0.2, 0.25) is 0 Å². The van der Waals surface area contributed by atoms with Crippen molar-refractivity contribution in [2.45, 2.75) is 13.0 Å². The van der Waals surface area contributed by atoms with Crippen molar-refractivity contribution in [2.24, 2.45) is 0 Å². The van der Waals surface area contributed by atoms with Gasteiger partial charge in [-0.15, -0.1) is 0 Å². The fourth-order valence-electron chi connectivity index (χ4n) is 3.36. The van der Waals surface area contributed by atoms with Crippen LogP contribution in [0.1, 0.15) is 22.3 Å². The minimum atomic E-state index is -3.25. The molecule has 3 aromatic carbocycles. The van der Waals surface area contributed by atoms with Crippen LogP contribution < -0.4 is 14.4 Å². The van der Waals surface area contributed by atoms with Gasteiger partial charge in [-0.1, -0.05) is 24.3 Å². The molecule has 6 nitrogen and oxygen atoms in total. The predicted molar refractivity (Wildman–Crippen MR) is 117 cm³/mol. The van der Waals surface area contributed by atoms with E-state index in [1.165, 1.54) is 16.4 Å². The number of carbonyl (C=O) groups excluding carboxylic acids is 1. The van der Waals surface area contributed by atoms with Gasteiger partial charge in [-0.25, -0.2) is 12.8 Å². The number of hydrogen-bond donors (Lipinski definition) is 1. The van der Waals surface area contributed by atoms with Gasteiger partial charge in [0.2, 0.25) is 10.0 Å². The number of carbonyl (C=O) groups is 1. The first-order valence-electron chi connectivity index (χ1n) is 9.80. The molecule has 1 N–H and O–H groups in total. The highest BCUT2D eigenvalue weighted by Crippen LogP contribution is 2.26. The minimum absolute atomic E-state index is 0.153. The number of benzene rings is 3. The summed E-state index contributed by atoms with van der Waals surface area (Å²) in [6, 6.07) is 19.5. The quantitative estimate of drug-likeness (QED) is 0.624. The Balaban J connectivity index is 1.44. The Labute approximate surface area is 180 Å². The summed E-state index contributed by atoms with van der Waals surface area (Å²) in [5.41, 5.74) is 2.26. The predicted octanol–water partition coefficient (Wildman–Crippen LogP) is 4.20. The maximum atomic E-state index is 13.1. The lowest BCUT2D eigenvalue weighted by Gasteiger charge is -2.17. The number of amides is 1. The van der Waals surface area contributed by atoms with E-state index in [-0.39, 0.29) is 24.1 Å². The van der Waals surface area contributed by atoms with Gasteiger partial charge < -0.3 is 10.1 Å². The third-order valence-corrected chi connectivity index (χ3v) is 6.82. The zero-order valence-electron chi connectivity index (χ0n) is 16.6. The molecule has 4 rings (SSSR count). The Kier molecular flexibility index (Phi) is 5.90. The number of para-hydroxylation sites is 1. The number of anilines is 2. The highest BCUT2D eigenvalue weighted by molar-refractivity contribution is 7.93. The highest BCUT2D eigenvalue weighted by Gasteiger charge is 2.28. The molecule has 0 atom stereocenters. The molecule has 0 bridgehead atoms. The average molecular weight is 440 g/mol. The number of hydrogen-bond acceptors (Lipinski definition) is 4. The summed E-state index contributed by atoms with van der Waals surface area (Å²) in [7, 11) is -3.25. The van der Waals surface area contributed by atoms with Gasteiger partial charge in [0, 0.05) is 12.2 Å². The van der Waals surface area contributed by atoms with E-state index in [0.29, 0.717) is 35.7 Å². The standard InChI is InChI=1S/C23H21FN2O4S/c24-18-8-6-17(7-9-18)16-30-22-5-2-1-4-21(22)23(27)25-19-10-12-20(13-11-19)26-14-3-15-31(26,28)29/h1-2,4-13H,3,14-16H2,(H,25,27). The zero-order chi connectivity index (χ0) is 21.8. The number of nitrogens with one attached hydrogen (secondary N) is 1. The number of rotatable bonds is 6. The summed E-state index contributed by atoms with van der Waals surface area (Å²) in [6.45, 7) is 0.663. The lowest BCUT2D eigenvalue weighted by molar-refractivity contribution is 0.102. The molecule has 0 saturated carbocycles. The Morgan fingerprint density at radius 2 is 1.71 bits per heavy atom. The Hall–Kier alpha value is -3.39. The van der Waals surface area contributed by atoms with Gasteiger partial charge in [0.15, 0.2) is 0 Å². The van der Waals surface area contributed by atoms with E-state index >= 15 is 0 Å². The molecule has 0 radical (unpaired) electrons. The maximum absolute atomic E-state index is 13.1. The molecule has 1 heterocycles. The molecule has 0 spiro atoms. The highest BCUT2D eigenvalue weighted by atomic mass is 32.2. The molecule has 1 aliphatic rings. The smallest absolute Gasteiger partial charge is 0.259 e. The summed E-state index contributed by atoms with van der Waals surface area (Å²) < 4.78 is 44.3. The monoisotopic (exact) mass is 440 g/mol. The largest absolute Gasteiger partial charge is 0.488 e. The summed E-state index contributed by atoms with van der Waals surface area (Å²) in [5.74, 6) is -0.113. The second-order valence-electron chi connectivity index (χ2n) is 7.15. The first-order valence-corrected chi connectivity index (χ1v) is 11.4. The summed E-state index contributed by atoms with van der Waals surface area (Å²) >= 11 is 0. The number of sulfonamides is 1. The molecule has 0 aliphatic carbocycles. The molecule has 160 valence electrons. The molecule has 8 heteroatoms. The summed E-state index contributed by atoms with van der Waals surface area (Å²) in [6.07, 6.45) is 0.607. The molecule has 1 saturated heterocycles. The van der Waals surface area contributed by atoms with Gasteiger partial charge in [-0.2, -0.15) is 0 Å². The van der Waals surface area contributed by atoms with Crippen molar-refractivity contribution in [3.8, 4) is 5.75 Å². The second kappa shape index (κ2) is 8.77. The van der Waals surface area contributed by atoms with Crippen molar-refractivity contribution in [3.05, 3.63) is 89.7 Å². The topological polar surface area (TPSA) is 75.7 Å². The molecule has 3 aromatic rings. The van der Waals surface area contributed by atoms with E-state index in [2.05, 4.69) is 5.32 Å². The molecular weight excluding hydrogens is 419 g/mol. The molecule has 0 unspecified atom stereocenters. The average Bonchev–Trinajstić information content (AvgIpc) is 3.13. The van der Waals surface area contributed by atoms with Gasteiger partial charge in [0.05, 0.1) is 17.0 Å². The lowest BCUT2D eigenvalue weighted by Crippen LogP contribution is -2.25. The van der Waals surface area contributed by atoms with Crippen molar-refractivity contribution in [2.75, 3.05) is 21.9 Å². The van der Waals surface area contributed by atoms with E-state index in [4.69, 9.17) is 4.74 Å². The van der Waals surface area contributed by atoms with Crippen molar-refractivity contribution < 1.29 is 22.3 Å². The van der Waals surface area contributed by atoms with Gasteiger partial charge >= 0.3 is 0 Å². The van der Waals surface area contributed by atoms with Crippen LogP contribution in [0.15, 0.2) is 72.8 Å². The normalized spacial score (nSPS) is 14.9. The number of ether oxygens (including phenoxy) is 1. The van der Waals surface area contributed by atoms with Crippen LogP contribution >= 0.6 is 0 Å². The van der Waals surface area contributed by atoms with Crippen LogP contribution in [0, 0.1) is 5.82 Å². The van der Waals surface area contributed by atoms with E-state index < -0.39 is 10.0 Å². The van der Waals surface area contributed by atoms with E-state index in [1.807, 2.05) is 0 Å². The first kappa shape index (κ1) is 20.9. The van der Waals surface area contributed by atoms with Gasteiger partial charge in [-0.05, 0) is 60.5 Å². The fourth-order valence-corrected chi connectivity index (χ4v) is 4.93. The zero-order valence-corrected chi connectivity index (χ0v) is 17.4. The van der Waals surface area contributed by atoms with Crippen molar-refractivity contribution in [3.63, 3.8) is 0 Å². The van der Waals surface area contributed by atoms with Crippen molar-refractivity contribution in [1.82, 2.24) is 0 Å². The van der Waals surface area contributed by atoms with Crippen LogP contribution in [0.4, 0.5) is 15.8 Å². The van der Waals surface area contributed by atoms with Crippen molar-refractivity contribution in [1.29, 1.82) is 0 Å². The summed E-state index contributed by atoms with van der Waals surface area (Å²) in [4.78, 5) is 12.8. The fraction of sp³-hybridized carbons (Fsp3) is 0.174. The molecule has 31 heavy (non-hydrogen) atoms. The Morgan fingerprint density at radius 3 is 2.39 bits per heavy atom. The van der Waals surface area contributed by atoms with Gasteiger partial charge in [0.1, 0.15) is 18.2 Å². The maximum Gasteiger partial charge on any atom is 0.259 e. The van der Waals surface area contributed by atoms with E-state index in [1.54, 1.807) is 60.7 Å². The minimum Gasteiger partial charge on any atom is -0.488 e. The number of halogens is 1. The van der Waals surface area contributed by atoms with Crippen LogP contribution in [0.3, 0.4) is 0 Å². The van der Waals surface area contributed by atoms with Crippen LogP contribution in [0.25, 0.3) is 0 Å². The lowest BCUT2D eigenvalue weighted by atomic mass is 10.1. The van der Waals surface area contributed by atoms with E-state index in [9.17, 15) is 17.6 Å². The van der Waals surface area contributed by atoms with Crippen LogP contribution in [-0.4, -0.2) is 26.6 Å².